The monoisotopic (exact) mass is 225 g/mol. The molecule has 1 saturated heterocycles. The second-order valence-electron chi connectivity index (χ2n) is 3.98. The van der Waals surface area contributed by atoms with E-state index in [2.05, 4.69) is 12.2 Å². The molecule has 1 aromatic rings. The normalized spacial score (nSPS) is 26.3. The second kappa shape index (κ2) is 4.88. The van der Waals surface area contributed by atoms with E-state index < -0.39 is 0 Å². The summed E-state index contributed by atoms with van der Waals surface area (Å²) in [5.74, 6) is 1.09. The summed E-state index contributed by atoms with van der Waals surface area (Å²) in [6.07, 6.45) is 2.49. The van der Waals surface area contributed by atoms with Crippen molar-refractivity contribution in [2.45, 2.75) is 31.1 Å². The van der Waals surface area contributed by atoms with E-state index in [1.807, 2.05) is 11.8 Å². The lowest BCUT2D eigenvalue weighted by Gasteiger charge is -2.29. The third-order valence-electron chi connectivity index (χ3n) is 2.80. The van der Waals surface area contributed by atoms with E-state index in [9.17, 15) is 4.39 Å². The smallest absolute Gasteiger partial charge is 0.123 e. The zero-order valence-corrected chi connectivity index (χ0v) is 9.69. The molecule has 2 rings (SSSR count). The molecule has 1 nitrogen and oxygen atoms in total. The lowest BCUT2D eigenvalue weighted by Crippen LogP contribution is -2.32. The Kier molecular flexibility index (Phi) is 3.52. The van der Waals surface area contributed by atoms with Gasteiger partial charge in [-0.3, -0.25) is 0 Å². The van der Waals surface area contributed by atoms with Crippen molar-refractivity contribution in [2.24, 2.45) is 0 Å². The molecular weight excluding hydrogens is 209 g/mol. The fraction of sp³-hybridized carbons (Fsp3) is 0.500. The Morgan fingerprint density at radius 2 is 2.07 bits per heavy atom. The zero-order chi connectivity index (χ0) is 10.7. The van der Waals surface area contributed by atoms with Crippen molar-refractivity contribution in [1.82, 2.24) is 0 Å². The molecule has 0 amide bonds. The molecule has 0 bridgehead atoms. The molecule has 0 radical (unpaired) electrons. The van der Waals surface area contributed by atoms with E-state index in [0.29, 0.717) is 11.3 Å². The van der Waals surface area contributed by atoms with Gasteiger partial charge in [0.25, 0.3) is 0 Å². The van der Waals surface area contributed by atoms with Gasteiger partial charge in [0.05, 0.1) is 0 Å². The average molecular weight is 225 g/mol. The van der Waals surface area contributed by atoms with Crippen molar-refractivity contribution in [2.75, 3.05) is 11.1 Å². The summed E-state index contributed by atoms with van der Waals surface area (Å²) >= 11 is 2.01. The largest absolute Gasteiger partial charge is 0.381 e. The Labute approximate surface area is 94.5 Å². The van der Waals surface area contributed by atoms with Crippen LogP contribution in [0.1, 0.15) is 19.8 Å². The van der Waals surface area contributed by atoms with Crippen LogP contribution in [0.3, 0.4) is 0 Å². The maximum atomic E-state index is 12.7. The van der Waals surface area contributed by atoms with Gasteiger partial charge in [0.1, 0.15) is 5.82 Å². The molecule has 0 aliphatic carbocycles. The Bertz CT molecular complexity index is 312. The van der Waals surface area contributed by atoms with Crippen molar-refractivity contribution in [3.05, 3.63) is 30.1 Å². The molecule has 82 valence electrons. The first kappa shape index (κ1) is 10.8. The van der Waals surface area contributed by atoms with Crippen LogP contribution in [0.4, 0.5) is 10.1 Å². The Hall–Kier alpha value is -0.700. The minimum absolute atomic E-state index is 0.174. The van der Waals surface area contributed by atoms with Crippen molar-refractivity contribution in [3.63, 3.8) is 0 Å². The lowest BCUT2D eigenvalue weighted by atomic mass is 10.1. The molecule has 1 N–H and O–H groups in total. The number of anilines is 1. The molecule has 2 unspecified atom stereocenters. The van der Waals surface area contributed by atoms with Crippen LogP contribution in [-0.4, -0.2) is 17.0 Å². The average Bonchev–Trinajstić information content (AvgIpc) is 2.25. The molecule has 0 spiro atoms. The molecular formula is C12H16FNS. The van der Waals surface area contributed by atoms with E-state index in [1.165, 1.54) is 30.7 Å². The molecule has 0 saturated carbocycles. The van der Waals surface area contributed by atoms with E-state index >= 15 is 0 Å². The molecule has 1 aromatic carbocycles. The fourth-order valence-corrected chi connectivity index (χ4v) is 3.01. The number of thioether (sulfide) groups is 1. The lowest BCUT2D eigenvalue weighted by molar-refractivity contribution is 0.615. The van der Waals surface area contributed by atoms with E-state index in [1.54, 1.807) is 12.1 Å². The van der Waals surface area contributed by atoms with Crippen molar-refractivity contribution < 1.29 is 4.39 Å². The van der Waals surface area contributed by atoms with E-state index in [-0.39, 0.29) is 5.82 Å². The molecule has 2 atom stereocenters. The third-order valence-corrected chi connectivity index (χ3v) is 4.18. The second-order valence-corrected chi connectivity index (χ2v) is 5.46. The first-order chi connectivity index (χ1) is 7.25. The summed E-state index contributed by atoms with van der Waals surface area (Å²) in [4.78, 5) is 0. The number of halogens is 1. The predicted octanol–water partition coefficient (Wildman–Crippen LogP) is 3.52. The number of hydrogen-bond donors (Lipinski definition) is 1. The van der Waals surface area contributed by atoms with Gasteiger partial charge in [-0.25, -0.2) is 4.39 Å². The van der Waals surface area contributed by atoms with E-state index in [4.69, 9.17) is 0 Å². The molecule has 1 fully saturated rings. The zero-order valence-electron chi connectivity index (χ0n) is 8.87. The Morgan fingerprint density at radius 3 is 2.73 bits per heavy atom. The van der Waals surface area contributed by atoms with Crippen molar-refractivity contribution in [3.8, 4) is 0 Å². The topological polar surface area (TPSA) is 12.0 Å². The fourth-order valence-electron chi connectivity index (χ4n) is 1.87. The van der Waals surface area contributed by atoms with Crippen molar-refractivity contribution >= 4 is 17.4 Å². The first-order valence-electron chi connectivity index (χ1n) is 5.39. The minimum atomic E-state index is -0.174. The van der Waals surface area contributed by atoms with Gasteiger partial charge in [0.15, 0.2) is 0 Å². The maximum Gasteiger partial charge on any atom is 0.123 e. The highest BCUT2D eigenvalue weighted by Crippen LogP contribution is 2.27. The van der Waals surface area contributed by atoms with Gasteiger partial charge in [-0.2, -0.15) is 11.8 Å². The summed E-state index contributed by atoms with van der Waals surface area (Å²) < 4.78 is 12.7. The van der Waals surface area contributed by atoms with Crippen LogP contribution in [0.5, 0.6) is 0 Å². The molecule has 15 heavy (non-hydrogen) atoms. The van der Waals surface area contributed by atoms with Gasteiger partial charge in [-0.1, -0.05) is 6.92 Å². The van der Waals surface area contributed by atoms with Gasteiger partial charge in [-0.15, -0.1) is 0 Å². The maximum absolute atomic E-state index is 12.7. The molecule has 0 aromatic heterocycles. The standard InChI is InChI=1S/C12H16FNS/c1-9-12(3-2-8-15-9)14-11-6-4-10(13)5-7-11/h4-7,9,12,14H,2-3,8H2,1H3. The highest BCUT2D eigenvalue weighted by Gasteiger charge is 2.21. The summed E-state index contributed by atoms with van der Waals surface area (Å²) in [6, 6.07) is 7.14. The molecule has 1 aliphatic heterocycles. The van der Waals surface area contributed by atoms with Crippen molar-refractivity contribution in [1.29, 1.82) is 0 Å². The van der Waals surface area contributed by atoms with Gasteiger partial charge < -0.3 is 5.32 Å². The van der Waals surface area contributed by atoms with Gasteiger partial charge in [-0.05, 0) is 42.9 Å². The predicted molar refractivity (Wildman–Crippen MR) is 65.0 cm³/mol. The molecule has 1 heterocycles. The van der Waals surface area contributed by atoms with Crippen LogP contribution in [0.15, 0.2) is 24.3 Å². The van der Waals surface area contributed by atoms with Crippen LogP contribution >= 0.6 is 11.8 Å². The molecule has 1 aliphatic rings. The number of rotatable bonds is 2. The summed E-state index contributed by atoms with van der Waals surface area (Å²) in [6.45, 7) is 2.25. The van der Waals surface area contributed by atoms with Gasteiger partial charge >= 0.3 is 0 Å². The quantitative estimate of drug-likeness (QED) is 0.826. The number of nitrogens with one attached hydrogen (secondary N) is 1. The minimum Gasteiger partial charge on any atom is -0.381 e. The third kappa shape index (κ3) is 2.88. The molecule has 3 heteroatoms. The van der Waals surface area contributed by atoms with Crippen LogP contribution in [0, 0.1) is 5.82 Å². The van der Waals surface area contributed by atoms with Crippen LogP contribution < -0.4 is 5.32 Å². The first-order valence-corrected chi connectivity index (χ1v) is 6.44. The Balaban J connectivity index is 1.98. The van der Waals surface area contributed by atoms with Crippen LogP contribution in [-0.2, 0) is 0 Å². The number of benzene rings is 1. The summed E-state index contributed by atoms with van der Waals surface area (Å²) in [5.41, 5.74) is 1.02. The van der Waals surface area contributed by atoms with Crippen LogP contribution in [0.2, 0.25) is 0 Å². The van der Waals surface area contributed by atoms with Gasteiger partial charge in [0.2, 0.25) is 0 Å². The highest BCUT2D eigenvalue weighted by atomic mass is 32.2. The van der Waals surface area contributed by atoms with Gasteiger partial charge in [0, 0.05) is 17.0 Å². The Morgan fingerprint density at radius 1 is 1.33 bits per heavy atom. The SMILES string of the molecule is CC1SCCCC1Nc1ccc(F)cc1. The summed E-state index contributed by atoms with van der Waals surface area (Å²) in [7, 11) is 0. The van der Waals surface area contributed by atoms with Crippen LogP contribution in [0.25, 0.3) is 0 Å². The number of hydrogen-bond acceptors (Lipinski definition) is 2. The van der Waals surface area contributed by atoms with E-state index in [0.717, 1.165) is 5.69 Å². The highest BCUT2D eigenvalue weighted by molar-refractivity contribution is 8.00. The summed E-state index contributed by atoms with van der Waals surface area (Å²) in [5, 5.41) is 4.11.